The second-order valence-electron chi connectivity index (χ2n) is 7.22. The van der Waals surface area contributed by atoms with Gasteiger partial charge in [-0.1, -0.05) is 48.5 Å². The lowest BCUT2D eigenvalue weighted by atomic mass is 9.83. The van der Waals surface area contributed by atoms with E-state index in [9.17, 15) is 14.4 Å². The molecular weight excluding hydrogens is 356 g/mol. The number of likely N-dealkylation sites (tertiary alicyclic amines) is 1. The number of amides is 2. The molecule has 2 aromatic rings. The molecule has 2 heterocycles. The summed E-state index contributed by atoms with van der Waals surface area (Å²) in [4.78, 5) is 40.9. The van der Waals surface area contributed by atoms with Crippen molar-refractivity contribution in [3.05, 3.63) is 66.2 Å². The summed E-state index contributed by atoms with van der Waals surface area (Å²) < 4.78 is 5.40. The van der Waals surface area contributed by atoms with Gasteiger partial charge in [-0.25, -0.2) is 4.79 Å². The van der Waals surface area contributed by atoms with Crippen LogP contribution in [0, 0.1) is 0 Å². The van der Waals surface area contributed by atoms with Crippen molar-refractivity contribution in [3.63, 3.8) is 0 Å². The molecule has 2 aliphatic rings. The molecule has 0 unspecified atom stereocenters. The summed E-state index contributed by atoms with van der Waals surface area (Å²) in [7, 11) is 0. The van der Waals surface area contributed by atoms with Crippen LogP contribution in [0.3, 0.4) is 0 Å². The van der Waals surface area contributed by atoms with Gasteiger partial charge in [0.05, 0.1) is 6.42 Å². The first-order valence-electron chi connectivity index (χ1n) is 9.47. The zero-order valence-corrected chi connectivity index (χ0v) is 15.5. The van der Waals surface area contributed by atoms with E-state index >= 15 is 0 Å². The van der Waals surface area contributed by atoms with Gasteiger partial charge in [-0.2, -0.15) is 0 Å². The molecule has 0 radical (unpaired) electrons. The number of para-hydroxylation sites is 1. The molecule has 2 aliphatic heterocycles. The number of Topliss-reactive ketones (excluding diaryl/α,β-unsaturated/α-hetero) is 1. The third-order valence-corrected chi connectivity index (χ3v) is 5.58. The van der Waals surface area contributed by atoms with E-state index < -0.39 is 5.54 Å². The van der Waals surface area contributed by atoms with Crippen molar-refractivity contribution in [2.45, 2.75) is 31.4 Å². The Labute approximate surface area is 163 Å². The summed E-state index contributed by atoms with van der Waals surface area (Å²) in [6.45, 7) is 0.987. The van der Waals surface area contributed by atoms with Gasteiger partial charge in [0.2, 0.25) is 5.91 Å². The fourth-order valence-corrected chi connectivity index (χ4v) is 4.08. The van der Waals surface area contributed by atoms with Crippen LogP contribution in [0.25, 0.3) is 0 Å². The summed E-state index contributed by atoms with van der Waals surface area (Å²) >= 11 is 0. The summed E-state index contributed by atoms with van der Waals surface area (Å²) in [6, 6.07) is 18.8. The number of anilines is 1. The van der Waals surface area contributed by atoms with Crippen LogP contribution < -0.4 is 4.90 Å². The fraction of sp³-hybridized carbons (Fsp3) is 0.318. The highest BCUT2D eigenvalue weighted by molar-refractivity contribution is 6.19. The molecule has 0 N–H and O–H groups in total. The molecule has 6 nitrogen and oxygen atoms in total. The van der Waals surface area contributed by atoms with Gasteiger partial charge >= 0.3 is 6.09 Å². The molecule has 2 aromatic carbocycles. The molecule has 0 saturated carbocycles. The number of rotatable bonds is 3. The Morgan fingerprint density at radius 3 is 2.18 bits per heavy atom. The van der Waals surface area contributed by atoms with E-state index in [1.54, 1.807) is 9.80 Å². The largest absolute Gasteiger partial charge is 0.445 e. The van der Waals surface area contributed by atoms with Crippen LogP contribution in [0.1, 0.15) is 24.8 Å². The van der Waals surface area contributed by atoms with Crippen LogP contribution in [-0.2, 0) is 20.9 Å². The number of carbonyl (C=O) groups excluding carboxylic acids is 3. The Morgan fingerprint density at radius 1 is 0.929 bits per heavy atom. The van der Waals surface area contributed by atoms with Crippen molar-refractivity contribution in [2.75, 3.05) is 18.0 Å². The molecule has 2 fully saturated rings. The number of piperidine rings is 1. The van der Waals surface area contributed by atoms with Gasteiger partial charge in [0, 0.05) is 18.8 Å². The summed E-state index contributed by atoms with van der Waals surface area (Å²) in [6.07, 6.45) is 0.384. The van der Waals surface area contributed by atoms with Gasteiger partial charge in [-0.05, 0) is 30.5 Å². The molecule has 2 saturated heterocycles. The molecule has 144 valence electrons. The maximum absolute atomic E-state index is 12.7. The molecule has 0 aliphatic carbocycles. The summed E-state index contributed by atoms with van der Waals surface area (Å²) in [5, 5.41) is 0. The summed E-state index contributed by atoms with van der Waals surface area (Å²) in [5.74, 6) is -0.227. The number of hydrogen-bond donors (Lipinski definition) is 0. The van der Waals surface area contributed by atoms with Crippen LogP contribution in [0.15, 0.2) is 60.7 Å². The van der Waals surface area contributed by atoms with Gasteiger partial charge < -0.3 is 9.64 Å². The highest BCUT2D eigenvalue weighted by Gasteiger charge is 2.54. The van der Waals surface area contributed by atoms with Crippen LogP contribution in [-0.4, -0.2) is 41.3 Å². The Hall–Kier alpha value is -3.15. The number of nitrogens with zero attached hydrogens (tertiary/aromatic N) is 2. The van der Waals surface area contributed by atoms with Crippen LogP contribution in [0.5, 0.6) is 0 Å². The minimum Gasteiger partial charge on any atom is -0.445 e. The van der Waals surface area contributed by atoms with E-state index in [0.717, 1.165) is 11.3 Å². The first-order valence-corrected chi connectivity index (χ1v) is 9.47. The predicted octanol–water partition coefficient (Wildman–Crippen LogP) is 3.16. The van der Waals surface area contributed by atoms with Crippen molar-refractivity contribution in [1.82, 2.24) is 4.90 Å². The van der Waals surface area contributed by atoms with E-state index in [-0.39, 0.29) is 30.8 Å². The highest BCUT2D eigenvalue weighted by Crippen LogP contribution is 2.40. The summed E-state index contributed by atoms with van der Waals surface area (Å²) in [5.41, 5.74) is 0.809. The maximum Gasteiger partial charge on any atom is 0.410 e. The topological polar surface area (TPSA) is 66.9 Å². The standard InChI is InChI=1S/C22H22N2O4/c25-19-15-20(26)24(18-9-5-2-6-10-18)22(19)11-13-23(14-12-22)21(27)28-16-17-7-3-1-4-8-17/h1-10H,11-16H2. The Kier molecular flexibility index (Phi) is 4.86. The molecule has 0 atom stereocenters. The van der Waals surface area contributed by atoms with Crippen molar-refractivity contribution in [1.29, 1.82) is 0 Å². The smallest absolute Gasteiger partial charge is 0.410 e. The molecule has 4 rings (SSSR count). The Bertz CT molecular complexity index is 874. The first-order chi connectivity index (χ1) is 13.6. The second kappa shape index (κ2) is 7.46. The average molecular weight is 378 g/mol. The quantitative estimate of drug-likeness (QED) is 0.770. The highest BCUT2D eigenvalue weighted by atomic mass is 16.6. The Morgan fingerprint density at radius 2 is 1.54 bits per heavy atom. The monoisotopic (exact) mass is 378 g/mol. The number of ether oxygens (including phenoxy) is 1. The molecule has 6 heteroatoms. The van der Waals surface area contributed by atoms with E-state index in [1.165, 1.54) is 0 Å². The molecular formula is C22H22N2O4. The molecule has 2 amide bonds. The SMILES string of the molecule is O=C(OCc1ccccc1)N1CCC2(CC1)C(=O)CC(=O)N2c1ccccc1. The normalized spacial score (nSPS) is 18.6. The van der Waals surface area contributed by atoms with E-state index in [0.29, 0.717) is 25.9 Å². The lowest BCUT2D eigenvalue weighted by molar-refractivity contribution is -0.124. The van der Waals surface area contributed by atoms with Gasteiger partial charge in [-0.15, -0.1) is 0 Å². The zero-order valence-electron chi connectivity index (χ0n) is 15.5. The van der Waals surface area contributed by atoms with E-state index in [1.807, 2.05) is 60.7 Å². The average Bonchev–Trinajstić information content (AvgIpc) is 2.97. The minimum atomic E-state index is -0.853. The molecule has 1 spiro atoms. The van der Waals surface area contributed by atoms with Crippen molar-refractivity contribution in [2.24, 2.45) is 0 Å². The number of carbonyl (C=O) groups is 3. The van der Waals surface area contributed by atoms with E-state index in [2.05, 4.69) is 0 Å². The lowest BCUT2D eigenvalue weighted by Crippen LogP contribution is -2.57. The third kappa shape index (κ3) is 3.26. The van der Waals surface area contributed by atoms with Crippen LogP contribution in [0.2, 0.25) is 0 Å². The molecule has 28 heavy (non-hydrogen) atoms. The first kappa shape index (κ1) is 18.2. The predicted molar refractivity (Wildman–Crippen MR) is 104 cm³/mol. The number of benzene rings is 2. The number of ketones is 1. The van der Waals surface area contributed by atoms with Crippen molar-refractivity contribution in [3.8, 4) is 0 Å². The second-order valence-corrected chi connectivity index (χ2v) is 7.22. The number of hydrogen-bond acceptors (Lipinski definition) is 4. The molecule has 0 aromatic heterocycles. The van der Waals surface area contributed by atoms with Gasteiger partial charge in [-0.3, -0.25) is 14.5 Å². The van der Waals surface area contributed by atoms with E-state index in [4.69, 9.17) is 4.74 Å². The van der Waals surface area contributed by atoms with Crippen molar-refractivity contribution >= 4 is 23.5 Å². The fourth-order valence-electron chi connectivity index (χ4n) is 4.08. The Balaban J connectivity index is 1.43. The molecule has 0 bridgehead atoms. The van der Waals surface area contributed by atoms with Crippen molar-refractivity contribution < 1.29 is 19.1 Å². The minimum absolute atomic E-state index is 0.0568. The lowest BCUT2D eigenvalue weighted by Gasteiger charge is -2.43. The van der Waals surface area contributed by atoms with Gasteiger partial charge in [0.15, 0.2) is 5.78 Å². The van der Waals surface area contributed by atoms with Crippen LogP contribution in [0.4, 0.5) is 10.5 Å². The van der Waals surface area contributed by atoms with Crippen LogP contribution >= 0.6 is 0 Å². The zero-order chi connectivity index (χ0) is 19.6. The van der Waals surface area contributed by atoms with Gasteiger partial charge in [0.1, 0.15) is 12.1 Å². The maximum atomic E-state index is 12.7. The third-order valence-electron chi connectivity index (χ3n) is 5.58. The van der Waals surface area contributed by atoms with Gasteiger partial charge in [0.25, 0.3) is 0 Å².